The lowest BCUT2D eigenvalue weighted by Crippen LogP contribution is -2.60. The van der Waals surface area contributed by atoms with Gasteiger partial charge in [0.05, 0.1) is 25.4 Å². The van der Waals surface area contributed by atoms with Crippen LogP contribution in [0.3, 0.4) is 0 Å². The quantitative estimate of drug-likeness (QED) is 0.0235. The van der Waals surface area contributed by atoms with Crippen LogP contribution < -0.4 is 5.32 Å². The molecule has 1 saturated heterocycles. The molecular weight excluding hydrogens is 735 g/mol. The maximum Gasteiger partial charge on any atom is 0.249 e. The van der Waals surface area contributed by atoms with Crippen LogP contribution in [0.2, 0.25) is 0 Å². The number of hydrogen-bond donors (Lipinski definition) is 7. The zero-order valence-corrected chi connectivity index (χ0v) is 37.4. The van der Waals surface area contributed by atoms with Crippen molar-refractivity contribution in [3.8, 4) is 0 Å². The zero-order valence-electron chi connectivity index (χ0n) is 37.4. The van der Waals surface area contributed by atoms with Crippen molar-refractivity contribution in [3.05, 3.63) is 12.2 Å². The van der Waals surface area contributed by atoms with Gasteiger partial charge in [-0.25, -0.2) is 0 Å². The molecule has 58 heavy (non-hydrogen) atoms. The molecule has 0 bridgehead atoms. The Kier molecular flexibility index (Phi) is 36.7. The second kappa shape index (κ2) is 38.8. The van der Waals surface area contributed by atoms with Crippen molar-refractivity contribution in [2.45, 2.75) is 275 Å². The highest BCUT2D eigenvalue weighted by atomic mass is 16.7. The summed E-state index contributed by atoms with van der Waals surface area (Å²) in [4.78, 5) is 13.1. The maximum absolute atomic E-state index is 13.1. The Morgan fingerprint density at radius 1 is 0.569 bits per heavy atom. The molecule has 1 amide bonds. The van der Waals surface area contributed by atoms with Crippen LogP contribution in [0.25, 0.3) is 0 Å². The molecule has 0 aromatic heterocycles. The molecule has 7 N–H and O–H groups in total. The Morgan fingerprint density at radius 3 is 1.40 bits per heavy atom. The minimum Gasteiger partial charge on any atom is -0.394 e. The number of nitrogens with one attached hydrogen (secondary N) is 1. The summed E-state index contributed by atoms with van der Waals surface area (Å²) in [5.74, 6) is -0.587. The number of allylic oxidation sites excluding steroid dienone is 2. The SMILES string of the molecule is CCCCCCCCCCCCCC/C=C\CCCCCCCCC(O)C(=O)NC(COC1OC(CO)C(O)C(O)C1O)C(O)CCCCCCCCCCCCC. The fourth-order valence-electron chi connectivity index (χ4n) is 7.93. The molecule has 344 valence electrons. The van der Waals surface area contributed by atoms with Crippen molar-refractivity contribution in [2.75, 3.05) is 13.2 Å². The first-order valence-corrected chi connectivity index (χ1v) is 24.5. The predicted molar refractivity (Wildman–Crippen MR) is 237 cm³/mol. The molecule has 1 heterocycles. The lowest BCUT2D eigenvalue weighted by molar-refractivity contribution is -0.302. The van der Waals surface area contributed by atoms with Gasteiger partial charge in [-0.3, -0.25) is 4.79 Å². The predicted octanol–water partition coefficient (Wildman–Crippen LogP) is 9.48. The minimum absolute atomic E-state index is 0.255. The molecule has 8 atom stereocenters. The molecule has 0 aliphatic carbocycles. The highest BCUT2D eigenvalue weighted by Gasteiger charge is 2.44. The highest BCUT2D eigenvalue weighted by molar-refractivity contribution is 5.80. The lowest BCUT2D eigenvalue weighted by Gasteiger charge is -2.40. The third kappa shape index (κ3) is 28.4. The van der Waals surface area contributed by atoms with Crippen LogP contribution in [0.1, 0.15) is 226 Å². The van der Waals surface area contributed by atoms with Crippen LogP contribution in [0, 0.1) is 0 Å². The summed E-state index contributed by atoms with van der Waals surface area (Å²) in [5.41, 5.74) is 0. The molecule has 0 saturated carbocycles. The first-order chi connectivity index (χ1) is 28.3. The van der Waals surface area contributed by atoms with E-state index in [1.54, 1.807) is 0 Å². The van der Waals surface area contributed by atoms with E-state index in [0.717, 1.165) is 57.8 Å². The smallest absolute Gasteiger partial charge is 0.249 e. The number of aliphatic hydroxyl groups is 6. The van der Waals surface area contributed by atoms with Crippen LogP contribution in [0.15, 0.2) is 12.2 Å². The van der Waals surface area contributed by atoms with E-state index in [9.17, 15) is 35.4 Å². The van der Waals surface area contributed by atoms with Gasteiger partial charge in [0.15, 0.2) is 6.29 Å². The van der Waals surface area contributed by atoms with Gasteiger partial charge in [0.25, 0.3) is 0 Å². The van der Waals surface area contributed by atoms with Crippen LogP contribution in [0.5, 0.6) is 0 Å². The summed E-state index contributed by atoms with van der Waals surface area (Å²) in [7, 11) is 0. The van der Waals surface area contributed by atoms with E-state index >= 15 is 0 Å². The Hall–Kier alpha value is -1.11. The second-order valence-electron chi connectivity index (χ2n) is 17.4. The van der Waals surface area contributed by atoms with E-state index < -0.39 is 61.5 Å². The first-order valence-electron chi connectivity index (χ1n) is 24.5. The number of rotatable bonds is 41. The Balaban J connectivity index is 2.29. The summed E-state index contributed by atoms with van der Waals surface area (Å²) in [6.07, 6.45) is 34.1. The molecule has 1 rings (SSSR count). The third-order valence-corrected chi connectivity index (χ3v) is 12.0. The third-order valence-electron chi connectivity index (χ3n) is 12.0. The van der Waals surface area contributed by atoms with Gasteiger partial charge in [-0.15, -0.1) is 0 Å². The van der Waals surface area contributed by atoms with E-state index in [2.05, 4.69) is 31.3 Å². The number of ether oxygens (including phenoxy) is 2. The van der Waals surface area contributed by atoms with Gasteiger partial charge in [0, 0.05) is 0 Å². The Bertz CT molecular complexity index is 937. The van der Waals surface area contributed by atoms with Crippen molar-refractivity contribution in [2.24, 2.45) is 0 Å². The Morgan fingerprint density at radius 2 is 0.966 bits per heavy atom. The molecule has 1 aliphatic rings. The number of amides is 1. The van der Waals surface area contributed by atoms with Gasteiger partial charge in [0.2, 0.25) is 5.91 Å². The molecule has 0 aromatic rings. The van der Waals surface area contributed by atoms with Crippen molar-refractivity contribution < 1.29 is 44.9 Å². The summed E-state index contributed by atoms with van der Waals surface area (Å²) in [5, 5.41) is 64.8. The molecule has 1 aliphatic heterocycles. The summed E-state index contributed by atoms with van der Waals surface area (Å²) in [6, 6.07) is -0.892. The van der Waals surface area contributed by atoms with Crippen molar-refractivity contribution in [1.82, 2.24) is 5.32 Å². The van der Waals surface area contributed by atoms with E-state index in [-0.39, 0.29) is 6.61 Å². The maximum atomic E-state index is 13.1. The lowest BCUT2D eigenvalue weighted by atomic mass is 9.99. The summed E-state index contributed by atoms with van der Waals surface area (Å²) in [6.45, 7) is 3.66. The number of hydrogen-bond acceptors (Lipinski definition) is 9. The van der Waals surface area contributed by atoms with Gasteiger partial charge in [-0.1, -0.05) is 199 Å². The number of aliphatic hydroxyl groups excluding tert-OH is 6. The fourth-order valence-corrected chi connectivity index (χ4v) is 7.93. The molecule has 0 spiro atoms. The average molecular weight is 828 g/mol. The molecular formula is C48H93NO9. The van der Waals surface area contributed by atoms with E-state index in [1.807, 2.05) is 0 Å². The minimum atomic E-state index is -1.59. The van der Waals surface area contributed by atoms with E-state index in [0.29, 0.717) is 12.8 Å². The normalized spacial score (nSPS) is 21.4. The van der Waals surface area contributed by atoms with E-state index in [4.69, 9.17) is 9.47 Å². The molecule has 0 aromatic carbocycles. The highest BCUT2D eigenvalue weighted by Crippen LogP contribution is 2.23. The summed E-state index contributed by atoms with van der Waals surface area (Å²) < 4.78 is 11.2. The van der Waals surface area contributed by atoms with E-state index in [1.165, 1.54) is 141 Å². The van der Waals surface area contributed by atoms with Crippen LogP contribution in [-0.4, -0.2) is 98.7 Å². The fraction of sp³-hybridized carbons (Fsp3) is 0.938. The Labute approximate surface area is 355 Å². The van der Waals surface area contributed by atoms with Crippen molar-refractivity contribution in [3.63, 3.8) is 0 Å². The number of carbonyl (C=O) groups is 1. The summed E-state index contributed by atoms with van der Waals surface area (Å²) >= 11 is 0. The second-order valence-corrected chi connectivity index (χ2v) is 17.4. The standard InChI is InChI=1S/C48H93NO9/c1-3-5-7-9-11-13-15-16-17-18-19-20-21-22-23-24-25-27-29-31-33-35-37-42(52)47(56)49-40(39-57-48-46(55)45(54)44(53)43(38-50)58-48)41(51)36-34-32-30-28-26-14-12-10-8-6-4-2/h22-23,40-46,48,50-55H,3-21,24-39H2,1-2H3,(H,49,56)/b23-22-. The van der Waals surface area contributed by atoms with Crippen LogP contribution in [0.4, 0.5) is 0 Å². The molecule has 1 fully saturated rings. The van der Waals surface area contributed by atoms with Crippen LogP contribution >= 0.6 is 0 Å². The van der Waals surface area contributed by atoms with Gasteiger partial charge in [-0.2, -0.15) is 0 Å². The number of carbonyl (C=O) groups excluding carboxylic acids is 1. The first kappa shape index (κ1) is 54.9. The zero-order chi connectivity index (χ0) is 42.5. The van der Waals surface area contributed by atoms with Gasteiger partial charge in [0.1, 0.15) is 30.5 Å². The topological polar surface area (TPSA) is 169 Å². The van der Waals surface area contributed by atoms with Crippen molar-refractivity contribution in [1.29, 1.82) is 0 Å². The monoisotopic (exact) mass is 828 g/mol. The molecule has 10 nitrogen and oxygen atoms in total. The molecule has 8 unspecified atom stereocenters. The largest absolute Gasteiger partial charge is 0.394 e. The number of unbranched alkanes of at least 4 members (excludes halogenated alkanes) is 28. The molecule has 0 radical (unpaired) electrons. The van der Waals surface area contributed by atoms with Gasteiger partial charge in [-0.05, 0) is 38.5 Å². The van der Waals surface area contributed by atoms with Gasteiger partial charge < -0.3 is 45.4 Å². The molecule has 10 heteroatoms. The average Bonchev–Trinajstić information content (AvgIpc) is 3.22. The van der Waals surface area contributed by atoms with Crippen molar-refractivity contribution >= 4 is 5.91 Å². The van der Waals surface area contributed by atoms with Crippen LogP contribution in [-0.2, 0) is 14.3 Å². The van der Waals surface area contributed by atoms with Gasteiger partial charge >= 0.3 is 0 Å².